The number of nitrogens with zero attached hydrogens (tertiary/aromatic N) is 2. The maximum Gasteiger partial charge on any atom is 0.263 e. The Kier molecular flexibility index (Phi) is 6.25. The summed E-state index contributed by atoms with van der Waals surface area (Å²) in [5.41, 5.74) is 7.68. The van der Waals surface area contributed by atoms with Gasteiger partial charge in [-0.15, -0.1) is 0 Å². The van der Waals surface area contributed by atoms with Crippen LogP contribution in [-0.4, -0.2) is 48.0 Å². The fraction of sp³-hybridized carbons (Fsp3) is 0.320. The highest BCUT2D eigenvalue weighted by atomic mass is 16.5. The maximum absolute atomic E-state index is 13.0. The highest BCUT2D eigenvalue weighted by molar-refractivity contribution is 5.97. The molecule has 1 aliphatic heterocycles. The number of amides is 2. The molecule has 0 radical (unpaired) electrons. The third-order valence-corrected chi connectivity index (χ3v) is 5.93. The van der Waals surface area contributed by atoms with Crippen LogP contribution in [0.15, 0.2) is 54.6 Å². The van der Waals surface area contributed by atoms with Crippen molar-refractivity contribution in [2.75, 3.05) is 20.2 Å². The van der Waals surface area contributed by atoms with Gasteiger partial charge in [0.25, 0.3) is 11.8 Å². The van der Waals surface area contributed by atoms with E-state index in [-0.39, 0.29) is 11.8 Å². The predicted molar refractivity (Wildman–Crippen MR) is 122 cm³/mol. The molecule has 0 bridgehead atoms. The zero-order valence-corrected chi connectivity index (χ0v) is 18.3. The number of fused-ring (bicyclic) bond motifs is 1. The molecule has 0 saturated carbocycles. The monoisotopic (exact) mass is 433 g/mol. The summed E-state index contributed by atoms with van der Waals surface area (Å²) < 4.78 is 11.2. The van der Waals surface area contributed by atoms with Gasteiger partial charge in [0.05, 0.1) is 23.9 Å². The molecule has 2 aromatic carbocycles. The van der Waals surface area contributed by atoms with Crippen molar-refractivity contribution in [1.29, 1.82) is 0 Å². The molecule has 7 nitrogen and oxygen atoms in total. The van der Waals surface area contributed by atoms with Crippen molar-refractivity contribution in [3.05, 3.63) is 65.9 Å². The van der Waals surface area contributed by atoms with Crippen LogP contribution in [-0.2, 0) is 4.79 Å². The Morgan fingerprint density at radius 2 is 1.72 bits per heavy atom. The first-order valence-electron chi connectivity index (χ1n) is 10.8. The molecule has 0 unspecified atom stereocenters. The Morgan fingerprint density at radius 1 is 1.06 bits per heavy atom. The van der Waals surface area contributed by atoms with Crippen LogP contribution in [0.5, 0.6) is 11.5 Å². The number of carbonyl (C=O) groups excluding carboxylic acids is 2. The van der Waals surface area contributed by atoms with E-state index >= 15 is 0 Å². The summed E-state index contributed by atoms with van der Waals surface area (Å²) in [5, 5.41) is 0.889. The Morgan fingerprint density at radius 3 is 2.41 bits per heavy atom. The van der Waals surface area contributed by atoms with Gasteiger partial charge in [-0.3, -0.25) is 14.6 Å². The quantitative estimate of drug-likeness (QED) is 0.642. The topological polar surface area (TPSA) is 94.8 Å². The van der Waals surface area contributed by atoms with Crippen molar-refractivity contribution in [3.63, 3.8) is 0 Å². The Hall–Kier alpha value is -3.61. The van der Waals surface area contributed by atoms with Crippen LogP contribution in [0.1, 0.15) is 41.7 Å². The van der Waals surface area contributed by atoms with Gasteiger partial charge in [0.1, 0.15) is 0 Å². The Bertz CT molecular complexity index is 1140. The Balaban J connectivity index is 1.45. The first-order valence-corrected chi connectivity index (χ1v) is 10.8. The first-order chi connectivity index (χ1) is 15.5. The van der Waals surface area contributed by atoms with E-state index < -0.39 is 12.0 Å². The summed E-state index contributed by atoms with van der Waals surface area (Å²) in [4.78, 5) is 31.6. The fourth-order valence-electron chi connectivity index (χ4n) is 4.23. The van der Waals surface area contributed by atoms with Gasteiger partial charge < -0.3 is 20.1 Å². The molecular formula is C25H27N3O4. The fourth-order valence-corrected chi connectivity index (χ4v) is 4.23. The van der Waals surface area contributed by atoms with Crippen LogP contribution < -0.4 is 15.2 Å². The minimum absolute atomic E-state index is 0.0663. The second-order valence-corrected chi connectivity index (χ2v) is 7.99. The largest absolute Gasteiger partial charge is 0.493 e. The van der Waals surface area contributed by atoms with E-state index in [1.807, 2.05) is 47.4 Å². The number of primary amides is 1. The summed E-state index contributed by atoms with van der Waals surface area (Å²) in [6.45, 7) is 2.88. The summed E-state index contributed by atoms with van der Waals surface area (Å²) in [6, 6.07) is 16.8. The smallest absolute Gasteiger partial charge is 0.263 e. The van der Waals surface area contributed by atoms with Gasteiger partial charge in [-0.25, -0.2) is 0 Å². The third-order valence-electron chi connectivity index (χ3n) is 5.93. The van der Waals surface area contributed by atoms with E-state index in [9.17, 15) is 9.59 Å². The summed E-state index contributed by atoms with van der Waals surface area (Å²) in [5.74, 6) is 0.646. The molecule has 1 atom stereocenters. The van der Waals surface area contributed by atoms with E-state index in [4.69, 9.17) is 20.2 Å². The number of carbonyl (C=O) groups is 2. The van der Waals surface area contributed by atoms with E-state index in [1.165, 1.54) is 0 Å². The highest BCUT2D eigenvalue weighted by Gasteiger charge is 2.30. The summed E-state index contributed by atoms with van der Waals surface area (Å²) in [7, 11) is 1.57. The molecule has 7 heteroatoms. The second kappa shape index (κ2) is 9.26. The Labute approximate surface area is 187 Å². The highest BCUT2D eigenvalue weighted by Crippen LogP contribution is 2.32. The van der Waals surface area contributed by atoms with Crippen LogP contribution >= 0.6 is 0 Å². The van der Waals surface area contributed by atoms with Gasteiger partial charge in [-0.1, -0.05) is 30.3 Å². The molecule has 3 aromatic rings. The molecule has 166 valence electrons. The number of nitrogens with two attached hydrogens (primary N) is 1. The lowest BCUT2D eigenvalue weighted by molar-refractivity contribution is -0.139. The standard InChI is InChI=1S/C25H27N3O4/c1-16(32-22-10-6-5-9-21(22)31-2)25(30)28-13-11-17(12-14-28)23-19(24(26)29)15-18-7-3-4-8-20(18)27-23/h3-10,15-17H,11-14H2,1-2H3,(H2,26,29)/t16-/m1/s1. The summed E-state index contributed by atoms with van der Waals surface area (Å²) in [6.07, 6.45) is 0.778. The lowest BCUT2D eigenvalue weighted by Crippen LogP contribution is -2.44. The van der Waals surface area contributed by atoms with Gasteiger partial charge in [0, 0.05) is 24.4 Å². The van der Waals surface area contributed by atoms with Crippen molar-refractivity contribution in [3.8, 4) is 11.5 Å². The van der Waals surface area contributed by atoms with Crippen LogP contribution in [0.2, 0.25) is 0 Å². The molecule has 4 rings (SSSR count). The zero-order valence-electron chi connectivity index (χ0n) is 18.3. The van der Waals surface area contributed by atoms with Crippen molar-refractivity contribution in [2.24, 2.45) is 5.73 Å². The molecular weight excluding hydrogens is 406 g/mol. The zero-order chi connectivity index (χ0) is 22.7. The molecule has 1 saturated heterocycles. The third kappa shape index (κ3) is 4.37. The molecule has 32 heavy (non-hydrogen) atoms. The van der Waals surface area contributed by atoms with Crippen molar-refractivity contribution < 1.29 is 19.1 Å². The van der Waals surface area contributed by atoms with Crippen molar-refractivity contribution in [1.82, 2.24) is 9.88 Å². The number of hydrogen-bond acceptors (Lipinski definition) is 5. The number of para-hydroxylation sites is 3. The molecule has 1 aliphatic rings. The number of ether oxygens (including phenoxy) is 2. The van der Waals surface area contributed by atoms with E-state index in [1.54, 1.807) is 26.2 Å². The SMILES string of the molecule is COc1ccccc1O[C@H](C)C(=O)N1CCC(c2nc3ccccc3cc2C(N)=O)CC1. The molecule has 2 amide bonds. The molecule has 2 N–H and O–H groups in total. The van der Waals surface area contributed by atoms with Crippen molar-refractivity contribution >= 4 is 22.7 Å². The van der Waals surface area contributed by atoms with E-state index in [0.29, 0.717) is 43.0 Å². The summed E-state index contributed by atoms with van der Waals surface area (Å²) >= 11 is 0. The molecule has 0 aliphatic carbocycles. The minimum atomic E-state index is -0.636. The number of benzene rings is 2. The number of aromatic nitrogens is 1. The van der Waals surface area contributed by atoms with Gasteiger partial charge in [0.15, 0.2) is 17.6 Å². The molecule has 2 heterocycles. The molecule has 1 fully saturated rings. The number of pyridine rings is 1. The van der Waals surface area contributed by atoms with Crippen LogP contribution in [0.3, 0.4) is 0 Å². The average molecular weight is 434 g/mol. The number of piperidine rings is 1. The lowest BCUT2D eigenvalue weighted by Gasteiger charge is -2.34. The number of likely N-dealkylation sites (tertiary alicyclic amines) is 1. The van der Waals surface area contributed by atoms with Gasteiger partial charge in [-0.05, 0) is 44.0 Å². The first kappa shape index (κ1) is 21.6. The second-order valence-electron chi connectivity index (χ2n) is 7.99. The number of methoxy groups -OCH3 is 1. The minimum Gasteiger partial charge on any atom is -0.493 e. The molecule has 0 spiro atoms. The van der Waals surface area contributed by atoms with E-state index in [2.05, 4.69) is 0 Å². The average Bonchev–Trinajstić information content (AvgIpc) is 2.83. The van der Waals surface area contributed by atoms with Gasteiger partial charge >= 0.3 is 0 Å². The molecule has 1 aromatic heterocycles. The van der Waals surface area contributed by atoms with E-state index in [0.717, 1.165) is 16.6 Å². The predicted octanol–water partition coefficient (Wildman–Crippen LogP) is 3.52. The van der Waals surface area contributed by atoms with Crippen molar-refractivity contribution in [2.45, 2.75) is 31.8 Å². The van der Waals surface area contributed by atoms with Crippen LogP contribution in [0, 0.1) is 0 Å². The van der Waals surface area contributed by atoms with Crippen LogP contribution in [0.4, 0.5) is 0 Å². The normalized spacial score (nSPS) is 15.4. The van der Waals surface area contributed by atoms with Crippen LogP contribution in [0.25, 0.3) is 10.9 Å². The van der Waals surface area contributed by atoms with Gasteiger partial charge in [-0.2, -0.15) is 0 Å². The maximum atomic E-state index is 13.0. The number of hydrogen-bond donors (Lipinski definition) is 1. The number of rotatable bonds is 6. The van der Waals surface area contributed by atoms with Gasteiger partial charge in [0.2, 0.25) is 0 Å². The lowest BCUT2D eigenvalue weighted by atomic mass is 9.89.